The van der Waals surface area contributed by atoms with E-state index in [1.165, 1.54) is 12.8 Å². The van der Waals surface area contributed by atoms with Gasteiger partial charge in [-0.25, -0.2) is 0 Å². The van der Waals surface area contributed by atoms with Crippen LogP contribution in [-0.2, 0) is 0 Å². The third-order valence-electron chi connectivity index (χ3n) is 3.42. The van der Waals surface area contributed by atoms with Gasteiger partial charge >= 0.3 is 0 Å². The standard InChI is InChI=1S/C14H19ClN2O/c1-2-10(8-9-6-7-9)17-14(18)11-4-3-5-12(16)13(11)15/h3-5,9-10H,2,6-8,16H2,1H3,(H,17,18). The normalized spacial score (nSPS) is 16.3. The number of carbonyl (C=O) groups excluding carboxylic acids is 1. The fourth-order valence-electron chi connectivity index (χ4n) is 2.07. The molecule has 3 N–H and O–H groups in total. The molecule has 1 amide bonds. The van der Waals surface area contributed by atoms with Gasteiger partial charge in [0.1, 0.15) is 0 Å². The quantitative estimate of drug-likeness (QED) is 0.804. The molecular formula is C14H19ClN2O. The Hall–Kier alpha value is -1.22. The lowest BCUT2D eigenvalue weighted by atomic mass is 10.1. The summed E-state index contributed by atoms with van der Waals surface area (Å²) in [5.41, 5.74) is 6.61. The van der Waals surface area contributed by atoms with E-state index in [-0.39, 0.29) is 11.9 Å². The lowest BCUT2D eigenvalue weighted by Crippen LogP contribution is -2.35. The van der Waals surface area contributed by atoms with Gasteiger partial charge in [-0.3, -0.25) is 4.79 Å². The van der Waals surface area contributed by atoms with Crippen molar-refractivity contribution in [2.75, 3.05) is 5.73 Å². The summed E-state index contributed by atoms with van der Waals surface area (Å²) in [6, 6.07) is 5.39. The van der Waals surface area contributed by atoms with Crippen LogP contribution in [0.1, 0.15) is 43.0 Å². The Labute approximate surface area is 113 Å². The van der Waals surface area contributed by atoms with Crippen molar-refractivity contribution in [2.24, 2.45) is 5.92 Å². The van der Waals surface area contributed by atoms with Crippen molar-refractivity contribution in [2.45, 2.75) is 38.6 Å². The van der Waals surface area contributed by atoms with Crippen LogP contribution in [0.5, 0.6) is 0 Å². The zero-order valence-electron chi connectivity index (χ0n) is 10.6. The molecule has 0 aliphatic heterocycles. The van der Waals surface area contributed by atoms with Crippen LogP contribution in [0.2, 0.25) is 5.02 Å². The summed E-state index contributed by atoms with van der Waals surface area (Å²) < 4.78 is 0. The molecule has 98 valence electrons. The summed E-state index contributed by atoms with van der Waals surface area (Å²) in [6.45, 7) is 2.09. The van der Waals surface area contributed by atoms with E-state index in [9.17, 15) is 4.79 Å². The largest absolute Gasteiger partial charge is 0.398 e. The van der Waals surface area contributed by atoms with E-state index in [0.717, 1.165) is 18.8 Å². The van der Waals surface area contributed by atoms with Crippen LogP contribution in [0, 0.1) is 5.92 Å². The summed E-state index contributed by atoms with van der Waals surface area (Å²) in [6.07, 6.45) is 4.61. The molecule has 1 unspecified atom stereocenters. The smallest absolute Gasteiger partial charge is 0.253 e. The SMILES string of the molecule is CCC(CC1CC1)NC(=O)c1cccc(N)c1Cl. The van der Waals surface area contributed by atoms with Gasteiger partial charge in [-0.1, -0.05) is 37.4 Å². The van der Waals surface area contributed by atoms with Gasteiger partial charge in [-0.15, -0.1) is 0 Å². The zero-order valence-corrected chi connectivity index (χ0v) is 11.3. The molecule has 2 rings (SSSR count). The average Bonchev–Trinajstić information content (AvgIpc) is 3.15. The van der Waals surface area contributed by atoms with Gasteiger partial charge in [0.25, 0.3) is 5.91 Å². The van der Waals surface area contributed by atoms with Gasteiger partial charge in [-0.2, -0.15) is 0 Å². The predicted octanol–water partition coefficient (Wildman–Crippen LogP) is 3.23. The molecule has 3 nitrogen and oxygen atoms in total. The van der Waals surface area contributed by atoms with Crippen molar-refractivity contribution in [3.05, 3.63) is 28.8 Å². The number of nitrogens with one attached hydrogen (secondary N) is 1. The lowest BCUT2D eigenvalue weighted by molar-refractivity contribution is 0.0933. The third-order valence-corrected chi connectivity index (χ3v) is 3.84. The maximum atomic E-state index is 12.1. The fraction of sp³-hybridized carbons (Fsp3) is 0.500. The van der Waals surface area contributed by atoms with Gasteiger partial charge in [0.15, 0.2) is 0 Å². The van der Waals surface area contributed by atoms with Crippen LogP contribution in [-0.4, -0.2) is 11.9 Å². The minimum absolute atomic E-state index is 0.125. The molecule has 1 saturated carbocycles. The Morgan fingerprint density at radius 2 is 2.28 bits per heavy atom. The average molecular weight is 267 g/mol. The molecule has 0 saturated heterocycles. The number of hydrogen-bond acceptors (Lipinski definition) is 2. The number of amides is 1. The molecule has 1 fully saturated rings. The van der Waals surface area contributed by atoms with Crippen molar-refractivity contribution in [3.8, 4) is 0 Å². The highest BCUT2D eigenvalue weighted by atomic mass is 35.5. The summed E-state index contributed by atoms with van der Waals surface area (Å²) in [4.78, 5) is 12.1. The van der Waals surface area contributed by atoms with Crippen LogP contribution in [0.25, 0.3) is 0 Å². The Balaban J connectivity index is 2.03. The van der Waals surface area contributed by atoms with Crippen molar-refractivity contribution < 1.29 is 4.79 Å². The minimum Gasteiger partial charge on any atom is -0.398 e. The van der Waals surface area contributed by atoms with Gasteiger partial charge < -0.3 is 11.1 Å². The van der Waals surface area contributed by atoms with E-state index in [4.69, 9.17) is 17.3 Å². The molecule has 0 bridgehead atoms. The summed E-state index contributed by atoms with van der Waals surface area (Å²) >= 11 is 6.05. The molecule has 4 heteroatoms. The first-order valence-electron chi connectivity index (χ1n) is 6.46. The van der Waals surface area contributed by atoms with Gasteiger partial charge in [0, 0.05) is 6.04 Å². The maximum Gasteiger partial charge on any atom is 0.253 e. The Kier molecular flexibility index (Phi) is 4.12. The second-order valence-corrected chi connectivity index (χ2v) is 5.34. The van der Waals surface area contributed by atoms with E-state index in [1.807, 2.05) is 0 Å². The van der Waals surface area contributed by atoms with E-state index in [2.05, 4.69) is 12.2 Å². The van der Waals surface area contributed by atoms with Gasteiger partial charge in [0.2, 0.25) is 0 Å². The van der Waals surface area contributed by atoms with Crippen LogP contribution in [0.15, 0.2) is 18.2 Å². The fourth-order valence-corrected chi connectivity index (χ4v) is 2.28. The Morgan fingerprint density at radius 3 is 2.89 bits per heavy atom. The number of nitrogen functional groups attached to an aromatic ring is 1. The second-order valence-electron chi connectivity index (χ2n) is 4.97. The van der Waals surface area contributed by atoms with Crippen molar-refractivity contribution in [1.82, 2.24) is 5.32 Å². The molecule has 0 heterocycles. The summed E-state index contributed by atoms with van der Waals surface area (Å²) in [5, 5.41) is 3.39. The van der Waals surface area contributed by atoms with E-state index < -0.39 is 0 Å². The highest BCUT2D eigenvalue weighted by Gasteiger charge is 2.26. The predicted molar refractivity (Wildman–Crippen MR) is 74.8 cm³/mol. The molecule has 0 spiro atoms. The van der Waals surface area contributed by atoms with Crippen LogP contribution in [0.3, 0.4) is 0 Å². The Morgan fingerprint density at radius 1 is 1.56 bits per heavy atom. The number of anilines is 1. The minimum atomic E-state index is -0.125. The molecule has 0 radical (unpaired) electrons. The van der Waals surface area contributed by atoms with Crippen LogP contribution in [0.4, 0.5) is 5.69 Å². The molecule has 0 aromatic heterocycles. The van der Waals surface area contributed by atoms with E-state index >= 15 is 0 Å². The number of rotatable bonds is 5. The highest BCUT2D eigenvalue weighted by Crippen LogP contribution is 2.34. The molecule has 1 atom stereocenters. The summed E-state index contributed by atoms with van der Waals surface area (Å²) in [5.74, 6) is 0.673. The molecule has 1 aromatic carbocycles. The summed E-state index contributed by atoms with van der Waals surface area (Å²) in [7, 11) is 0. The highest BCUT2D eigenvalue weighted by molar-refractivity contribution is 6.36. The zero-order chi connectivity index (χ0) is 13.1. The third kappa shape index (κ3) is 3.16. The first-order chi connectivity index (χ1) is 8.61. The van der Waals surface area contributed by atoms with Gasteiger partial charge in [0.05, 0.1) is 16.3 Å². The van der Waals surface area contributed by atoms with Crippen molar-refractivity contribution in [1.29, 1.82) is 0 Å². The maximum absolute atomic E-state index is 12.1. The van der Waals surface area contributed by atoms with Crippen molar-refractivity contribution >= 4 is 23.2 Å². The first kappa shape index (κ1) is 13.2. The number of carbonyl (C=O) groups is 1. The number of nitrogens with two attached hydrogens (primary N) is 1. The molecule has 1 aliphatic carbocycles. The monoisotopic (exact) mass is 266 g/mol. The van der Waals surface area contributed by atoms with Crippen molar-refractivity contribution in [3.63, 3.8) is 0 Å². The molecule has 18 heavy (non-hydrogen) atoms. The number of hydrogen-bond donors (Lipinski definition) is 2. The number of benzene rings is 1. The first-order valence-corrected chi connectivity index (χ1v) is 6.84. The second kappa shape index (κ2) is 5.61. The van der Waals surface area contributed by atoms with Crippen LogP contribution >= 0.6 is 11.6 Å². The van der Waals surface area contributed by atoms with Gasteiger partial charge in [-0.05, 0) is 30.9 Å². The number of halogens is 1. The lowest BCUT2D eigenvalue weighted by Gasteiger charge is -2.17. The van der Waals surface area contributed by atoms with E-state index in [0.29, 0.717) is 16.3 Å². The Bertz CT molecular complexity index is 443. The molecular weight excluding hydrogens is 248 g/mol. The topological polar surface area (TPSA) is 55.1 Å². The molecule has 1 aromatic rings. The molecule has 1 aliphatic rings. The van der Waals surface area contributed by atoms with E-state index in [1.54, 1.807) is 18.2 Å². The van der Waals surface area contributed by atoms with Crippen LogP contribution < -0.4 is 11.1 Å².